The van der Waals surface area contributed by atoms with Crippen LogP contribution in [-0.4, -0.2) is 43.1 Å². The number of thiophene rings is 1. The highest BCUT2D eigenvalue weighted by molar-refractivity contribution is 7.14. The molecule has 7 rings (SSSR count). The van der Waals surface area contributed by atoms with E-state index in [4.69, 9.17) is 4.98 Å². The number of H-pyrrole nitrogens is 2. The molecule has 0 spiro atoms. The Bertz CT molecular complexity index is 1730. The molecule has 5 aromatic heterocycles. The van der Waals surface area contributed by atoms with Gasteiger partial charge in [-0.1, -0.05) is 18.6 Å². The zero-order valence-electron chi connectivity index (χ0n) is 20.2. The molecule has 0 unspecified atom stereocenters. The van der Waals surface area contributed by atoms with E-state index in [2.05, 4.69) is 37.2 Å². The molecule has 37 heavy (non-hydrogen) atoms. The van der Waals surface area contributed by atoms with Gasteiger partial charge >= 0.3 is 0 Å². The van der Waals surface area contributed by atoms with Crippen molar-refractivity contribution < 1.29 is 4.39 Å². The van der Waals surface area contributed by atoms with E-state index in [1.165, 1.54) is 30.9 Å². The zero-order valence-corrected chi connectivity index (χ0v) is 21.0. The van der Waals surface area contributed by atoms with Gasteiger partial charge < -0.3 is 4.98 Å². The molecule has 6 nitrogen and oxygen atoms in total. The fourth-order valence-corrected chi connectivity index (χ4v) is 6.06. The number of piperidine rings is 1. The quantitative estimate of drug-likeness (QED) is 0.262. The molecule has 0 amide bonds. The minimum absolute atomic E-state index is 0.188. The summed E-state index contributed by atoms with van der Waals surface area (Å²) in [5.74, 6) is 0. The summed E-state index contributed by atoms with van der Waals surface area (Å²) < 4.78 is 13.7. The summed E-state index contributed by atoms with van der Waals surface area (Å²) in [5.41, 5.74) is 8.35. The van der Waals surface area contributed by atoms with Crippen LogP contribution in [0, 0.1) is 5.13 Å². The maximum Gasteiger partial charge on any atom is 0.176 e. The van der Waals surface area contributed by atoms with E-state index in [0.29, 0.717) is 0 Å². The number of nitrogens with one attached hydrogen (secondary N) is 2. The lowest BCUT2D eigenvalue weighted by Crippen LogP contribution is -2.29. The zero-order chi connectivity index (χ0) is 24.8. The maximum atomic E-state index is 13.7. The van der Waals surface area contributed by atoms with Gasteiger partial charge in [0, 0.05) is 45.8 Å². The lowest BCUT2D eigenvalue weighted by atomic mass is 10.1. The first-order valence-electron chi connectivity index (χ1n) is 12.6. The van der Waals surface area contributed by atoms with Crippen LogP contribution in [0.4, 0.5) is 4.39 Å². The van der Waals surface area contributed by atoms with Crippen LogP contribution in [0.3, 0.4) is 0 Å². The third kappa shape index (κ3) is 4.22. The molecule has 2 N–H and O–H groups in total. The Balaban J connectivity index is 1.26. The molecule has 1 saturated heterocycles. The molecule has 1 aliphatic heterocycles. The van der Waals surface area contributed by atoms with Crippen LogP contribution in [0.2, 0.25) is 0 Å². The minimum atomic E-state index is -0.188. The summed E-state index contributed by atoms with van der Waals surface area (Å²) in [4.78, 5) is 16.4. The Morgan fingerprint density at radius 1 is 0.946 bits per heavy atom. The first-order chi connectivity index (χ1) is 18.2. The van der Waals surface area contributed by atoms with Crippen LogP contribution in [0.15, 0.2) is 67.0 Å². The second kappa shape index (κ2) is 9.21. The van der Waals surface area contributed by atoms with Gasteiger partial charge in [0.05, 0.1) is 16.9 Å². The summed E-state index contributed by atoms with van der Waals surface area (Å²) >= 11 is 1.15. The van der Waals surface area contributed by atoms with Gasteiger partial charge in [0.25, 0.3) is 0 Å². The second-order valence-corrected chi connectivity index (χ2v) is 10.7. The summed E-state index contributed by atoms with van der Waals surface area (Å²) in [6, 6.07) is 17.7. The Hall–Kier alpha value is -3.88. The highest BCUT2D eigenvalue weighted by Gasteiger charge is 2.17. The van der Waals surface area contributed by atoms with E-state index in [9.17, 15) is 4.39 Å². The molecule has 8 heteroatoms. The van der Waals surface area contributed by atoms with Crippen LogP contribution in [0.1, 0.15) is 24.8 Å². The molecule has 6 aromatic rings. The van der Waals surface area contributed by atoms with Gasteiger partial charge in [-0.25, -0.2) is 4.98 Å². The van der Waals surface area contributed by atoms with E-state index in [-0.39, 0.29) is 5.13 Å². The predicted octanol–water partition coefficient (Wildman–Crippen LogP) is 7.02. The standard InChI is InChI=1S/C29H25FN6S/c30-27-10-9-26(37-27)20-5-4-6-23-21(20)14-25(32-23)29-28-24(34-35-29)8-7-22(33-28)19-13-18(15-31-16-19)17-36-11-2-1-3-12-36/h4-10,13-16,32H,1-3,11-12,17H2,(H,34,35). The fourth-order valence-electron chi connectivity index (χ4n) is 5.29. The number of rotatable bonds is 5. The molecular formula is C29H25FN6S. The number of aromatic nitrogens is 5. The normalized spacial score (nSPS) is 14.6. The predicted molar refractivity (Wildman–Crippen MR) is 147 cm³/mol. The molecule has 6 heterocycles. The van der Waals surface area contributed by atoms with Gasteiger partial charge in [-0.05, 0) is 74.0 Å². The molecular weight excluding hydrogens is 483 g/mol. The first kappa shape index (κ1) is 22.3. The smallest absolute Gasteiger partial charge is 0.176 e. The molecule has 0 atom stereocenters. The lowest BCUT2D eigenvalue weighted by Gasteiger charge is -2.26. The number of likely N-dealkylation sites (tertiary alicyclic amines) is 1. The van der Waals surface area contributed by atoms with Gasteiger partial charge in [0.15, 0.2) is 5.13 Å². The Morgan fingerprint density at radius 2 is 1.86 bits per heavy atom. The van der Waals surface area contributed by atoms with E-state index in [0.717, 1.165) is 86.0 Å². The topological polar surface area (TPSA) is 73.5 Å². The van der Waals surface area contributed by atoms with Crippen LogP contribution in [0.5, 0.6) is 0 Å². The van der Waals surface area contributed by atoms with E-state index in [1.807, 2.05) is 48.8 Å². The van der Waals surface area contributed by atoms with Crippen molar-refractivity contribution in [1.29, 1.82) is 0 Å². The van der Waals surface area contributed by atoms with Crippen molar-refractivity contribution in [1.82, 2.24) is 30.0 Å². The van der Waals surface area contributed by atoms with Crippen molar-refractivity contribution in [3.63, 3.8) is 0 Å². The largest absolute Gasteiger partial charge is 0.353 e. The van der Waals surface area contributed by atoms with Gasteiger partial charge in [-0.3, -0.25) is 15.0 Å². The summed E-state index contributed by atoms with van der Waals surface area (Å²) in [7, 11) is 0. The maximum absolute atomic E-state index is 13.7. The van der Waals surface area contributed by atoms with Crippen molar-refractivity contribution in [2.24, 2.45) is 0 Å². The number of pyridine rings is 2. The summed E-state index contributed by atoms with van der Waals surface area (Å²) in [5, 5.41) is 8.56. The van der Waals surface area contributed by atoms with E-state index < -0.39 is 0 Å². The van der Waals surface area contributed by atoms with Crippen LogP contribution >= 0.6 is 11.3 Å². The molecule has 0 radical (unpaired) electrons. The molecule has 184 valence electrons. The Kier molecular flexibility index (Phi) is 5.56. The SMILES string of the molecule is Fc1ccc(-c2cccc3[nH]c(-c4n[nH]c5ccc(-c6cncc(CN7CCCCC7)c6)nc45)cc23)s1. The molecule has 0 bridgehead atoms. The van der Waals surface area contributed by atoms with Crippen LogP contribution in [0.25, 0.3) is 55.0 Å². The number of benzene rings is 1. The number of hydrogen-bond donors (Lipinski definition) is 2. The number of halogens is 1. The van der Waals surface area contributed by atoms with Crippen molar-refractivity contribution >= 4 is 33.3 Å². The average Bonchev–Trinajstić information content (AvgIpc) is 3.66. The monoisotopic (exact) mass is 508 g/mol. The van der Waals surface area contributed by atoms with Gasteiger partial charge in [0.2, 0.25) is 0 Å². The third-order valence-corrected chi connectivity index (χ3v) is 8.02. The number of nitrogens with zero attached hydrogens (tertiary/aromatic N) is 4. The van der Waals surface area contributed by atoms with Crippen molar-refractivity contribution in [2.75, 3.05) is 13.1 Å². The van der Waals surface area contributed by atoms with Crippen LogP contribution < -0.4 is 0 Å². The molecule has 0 aliphatic carbocycles. The van der Waals surface area contributed by atoms with E-state index >= 15 is 0 Å². The third-order valence-electron chi connectivity index (χ3n) is 7.11. The summed E-state index contributed by atoms with van der Waals surface area (Å²) in [6.07, 6.45) is 7.71. The molecule has 1 aromatic carbocycles. The van der Waals surface area contributed by atoms with Crippen molar-refractivity contribution in [3.8, 4) is 33.1 Å². The minimum Gasteiger partial charge on any atom is -0.353 e. The fraction of sp³-hybridized carbons (Fsp3) is 0.207. The van der Waals surface area contributed by atoms with Crippen LogP contribution in [-0.2, 0) is 6.54 Å². The van der Waals surface area contributed by atoms with Gasteiger partial charge in [-0.15, -0.1) is 11.3 Å². The first-order valence-corrected chi connectivity index (χ1v) is 13.4. The van der Waals surface area contributed by atoms with E-state index in [1.54, 1.807) is 0 Å². The Labute approximate surface area is 217 Å². The number of hydrogen-bond acceptors (Lipinski definition) is 5. The van der Waals surface area contributed by atoms with Gasteiger partial charge in [0.1, 0.15) is 11.2 Å². The molecule has 1 aliphatic rings. The summed E-state index contributed by atoms with van der Waals surface area (Å²) in [6.45, 7) is 3.23. The molecule has 1 fully saturated rings. The highest BCUT2D eigenvalue weighted by atomic mass is 32.1. The number of aromatic amines is 2. The van der Waals surface area contributed by atoms with Crippen molar-refractivity contribution in [3.05, 3.63) is 77.7 Å². The van der Waals surface area contributed by atoms with Crippen molar-refractivity contribution in [2.45, 2.75) is 25.8 Å². The average molecular weight is 509 g/mol. The Morgan fingerprint density at radius 3 is 2.73 bits per heavy atom. The molecule has 0 saturated carbocycles. The highest BCUT2D eigenvalue weighted by Crippen LogP contribution is 2.36. The second-order valence-electron chi connectivity index (χ2n) is 9.64. The lowest BCUT2D eigenvalue weighted by molar-refractivity contribution is 0.220. The number of fused-ring (bicyclic) bond motifs is 2. The van der Waals surface area contributed by atoms with Gasteiger partial charge in [-0.2, -0.15) is 9.49 Å².